The molecule has 178 valence electrons. The smallest absolute Gasteiger partial charge is 0.227 e. The van der Waals surface area contributed by atoms with Gasteiger partial charge in [0.05, 0.1) is 23.7 Å². The average molecular weight is 497 g/mol. The van der Waals surface area contributed by atoms with Crippen molar-refractivity contribution in [3.8, 4) is 0 Å². The largest absolute Gasteiger partial charge is 0.338 e. The zero-order valence-electron chi connectivity index (χ0n) is 19.4. The number of amides is 1. The van der Waals surface area contributed by atoms with Crippen molar-refractivity contribution in [2.75, 3.05) is 13.1 Å². The quantitative estimate of drug-likeness (QED) is 0.475. The Bertz CT molecular complexity index is 1250. The van der Waals surface area contributed by atoms with E-state index in [-0.39, 0.29) is 23.9 Å². The van der Waals surface area contributed by atoms with Crippen molar-refractivity contribution < 1.29 is 4.79 Å². The van der Waals surface area contributed by atoms with Crippen molar-refractivity contribution in [3.63, 3.8) is 0 Å². The molecule has 2 aromatic carbocycles. The van der Waals surface area contributed by atoms with Gasteiger partial charge in [-0.3, -0.25) is 9.48 Å². The molecule has 0 radical (unpaired) electrons. The number of nitrogens with two attached hydrogens (primary N) is 1. The van der Waals surface area contributed by atoms with Crippen molar-refractivity contribution in [1.29, 1.82) is 0 Å². The lowest BCUT2D eigenvalue weighted by Gasteiger charge is -2.34. The standard InChI is InChI=1S/C27H30Cl2N4O/c1-17(22-9-8-21(28)15-24(22)29)33-26-14-19(6-7-20(26)16-31-33)18-10-12-32(13-11-18)27(34)23-4-2-3-5-25(23)30/h6-10,14-17,23,25H,2-5,11-13,30H2,1H3/t17-,23-,25-/m1/s1. The number of benzene rings is 2. The number of fused-ring (bicyclic) bond motifs is 1. The first kappa shape index (κ1) is 23.4. The van der Waals surface area contributed by atoms with E-state index in [0.717, 1.165) is 55.1 Å². The van der Waals surface area contributed by atoms with Crippen LogP contribution in [0.2, 0.25) is 10.0 Å². The summed E-state index contributed by atoms with van der Waals surface area (Å²) in [5.41, 5.74) is 10.7. The van der Waals surface area contributed by atoms with Crippen molar-refractivity contribution in [2.24, 2.45) is 11.7 Å². The van der Waals surface area contributed by atoms with E-state index in [9.17, 15) is 4.79 Å². The van der Waals surface area contributed by atoms with Gasteiger partial charge >= 0.3 is 0 Å². The van der Waals surface area contributed by atoms with Crippen LogP contribution in [0.3, 0.4) is 0 Å². The summed E-state index contributed by atoms with van der Waals surface area (Å²) in [4.78, 5) is 15.0. The summed E-state index contributed by atoms with van der Waals surface area (Å²) < 4.78 is 2.01. The van der Waals surface area contributed by atoms with Gasteiger partial charge in [0.25, 0.3) is 0 Å². The van der Waals surface area contributed by atoms with Gasteiger partial charge in [0.2, 0.25) is 5.91 Å². The molecule has 0 bridgehead atoms. The number of hydrogen-bond donors (Lipinski definition) is 1. The van der Waals surface area contributed by atoms with Crippen LogP contribution >= 0.6 is 23.2 Å². The fourth-order valence-corrected chi connectivity index (χ4v) is 5.92. The van der Waals surface area contributed by atoms with Crippen molar-refractivity contribution in [2.45, 2.75) is 51.1 Å². The van der Waals surface area contributed by atoms with Gasteiger partial charge < -0.3 is 10.6 Å². The fraction of sp³-hybridized carbons (Fsp3) is 0.407. The SMILES string of the molecule is C[C@H](c1ccc(Cl)cc1Cl)n1ncc2ccc(C3=CCN(C(=O)[C@@H]4CCCC[C@H]4N)CC3)cc21. The monoisotopic (exact) mass is 496 g/mol. The molecule has 2 heterocycles. The van der Waals surface area contributed by atoms with Gasteiger partial charge in [-0.15, -0.1) is 0 Å². The maximum atomic E-state index is 13.0. The molecule has 0 spiro atoms. The summed E-state index contributed by atoms with van der Waals surface area (Å²) in [5, 5.41) is 7.00. The summed E-state index contributed by atoms with van der Waals surface area (Å²) in [6.45, 7) is 3.47. The number of rotatable bonds is 4. The van der Waals surface area contributed by atoms with Crippen LogP contribution in [0, 0.1) is 5.92 Å². The lowest BCUT2D eigenvalue weighted by Crippen LogP contribution is -2.46. The Kier molecular flexibility index (Phi) is 6.70. The van der Waals surface area contributed by atoms with Crippen molar-refractivity contribution in [1.82, 2.24) is 14.7 Å². The van der Waals surface area contributed by atoms with Gasteiger partial charge in [-0.1, -0.05) is 60.3 Å². The number of aromatic nitrogens is 2. The number of carbonyl (C=O) groups is 1. The second-order valence-electron chi connectivity index (χ2n) is 9.52. The third-order valence-electron chi connectivity index (χ3n) is 7.41. The van der Waals surface area contributed by atoms with Gasteiger partial charge in [-0.05, 0) is 61.1 Å². The molecule has 5 nitrogen and oxygen atoms in total. The molecule has 3 aromatic rings. The lowest BCUT2D eigenvalue weighted by atomic mass is 9.84. The number of hydrogen-bond acceptors (Lipinski definition) is 3. The first-order valence-corrected chi connectivity index (χ1v) is 12.8. The van der Waals surface area contributed by atoms with Crippen LogP contribution < -0.4 is 5.73 Å². The second-order valence-corrected chi connectivity index (χ2v) is 10.4. The maximum absolute atomic E-state index is 13.0. The minimum Gasteiger partial charge on any atom is -0.338 e. The van der Waals surface area contributed by atoms with Gasteiger partial charge in [-0.2, -0.15) is 5.10 Å². The Morgan fingerprint density at radius 3 is 2.71 bits per heavy atom. The molecule has 1 aliphatic carbocycles. The molecule has 1 saturated carbocycles. The van der Waals surface area contributed by atoms with Crippen LogP contribution in [-0.2, 0) is 4.79 Å². The molecule has 0 unspecified atom stereocenters. The van der Waals surface area contributed by atoms with Crippen molar-refractivity contribution >= 4 is 45.6 Å². The van der Waals surface area contributed by atoms with Crippen LogP contribution in [0.25, 0.3) is 16.5 Å². The van der Waals surface area contributed by atoms with E-state index in [2.05, 4.69) is 36.3 Å². The van der Waals surface area contributed by atoms with E-state index in [1.165, 1.54) is 11.1 Å². The molecule has 34 heavy (non-hydrogen) atoms. The molecular weight excluding hydrogens is 467 g/mol. The highest BCUT2D eigenvalue weighted by Gasteiger charge is 2.32. The molecule has 1 aromatic heterocycles. The Balaban J connectivity index is 1.37. The molecule has 1 fully saturated rings. The van der Waals surface area contributed by atoms with Gasteiger partial charge in [0.1, 0.15) is 0 Å². The van der Waals surface area contributed by atoms with Gasteiger partial charge in [0, 0.05) is 34.6 Å². The van der Waals surface area contributed by atoms with Crippen molar-refractivity contribution in [3.05, 3.63) is 69.8 Å². The topological polar surface area (TPSA) is 64.2 Å². The molecule has 5 rings (SSSR count). The Hall–Kier alpha value is -2.34. The summed E-state index contributed by atoms with van der Waals surface area (Å²) >= 11 is 12.6. The summed E-state index contributed by atoms with van der Waals surface area (Å²) in [6.07, 6.45) is 9.04. The predicted molar refractivity (Wildman–Crippen MR) is 139 cm³/mol. The van der Waals surface area contributed by atoms with Gasteiger partial charge in [0.15, 0.2) is 0 Å². The molecule has 2 N–H and O–H groups in total. The molecule has 0 saturated heterocycles. The van der Waals surface area contributed by atoms with E-state index >= 15 is 0 Å². The summed E-state index contributed by atoms with van der Waals surface area (Å²) in [6, 6.07) is 12.0. The highest BCUT2D eigenvalue weighted by atomic mass is 35.5. The molecule has 1 amide bonds. The van der Waals surface area contributed by atoms with Crippen LogP contribution in [0.4, 0.5) is 0 Å². The summed E-state index contributed by atoms with van der Waals surface area (Å²) in [7, 11) is 0. The molecule has 3 atom stereocenters. The van der Waals surface area contributed by atoms with E-state index < -0.39 is 0 Å². The van der Waals surface area contributed by atoms with E-state index in [0.29, 0.717) is 16.6 Å². The van der Waals surface area contributed by atoms with Crippen LogP contribution in [0.5, 0.6) is 0 Å². The highest BCUT2D eigenvalue weighted by molar-refractivity contribution is 6.35. The van der Waals surface area contributed by atoms with Crippen LogP contribution in [0.1, 0.15) is 56.2 Å². The van der Waals surface area contributed by atoms with Gasteiger partial charge in [-0.25, -0.2) is 0 Å². The normalized spacial score (nSPS) is 22.0. The lowest BCUT2D eigenvalue weighted by molar-refractivity contribution is -0.136. The number of carbonyl (C=O) groups excluding carboxylic acids is 1. The Labute approximate surface area is 210 Å². The number of halogens is 2. The molecule has 1 aliphatic heterocycles. The minimum absolute atomic E-state index is 0.00505. The van der Waals surface area contributed by atoms with E-state index in [1.54, 1.807) is 6.07 Å². The first-order chi connectivity index (χ1) is 16.4. The van der Waals surface area contributed by atoms with Crippen LogP contribution in [-0.4, -0.2) is 39.7 Å². The minimum atomic E-state index is -0.0364. The first-order valence-electron chi connectivity index (χ1n) is 12.1. The molecule has 7 heteroatoms. The van der Waals surface area contributed by atoms with E-state index in [4.69, 9.17) is 28.9 Å². The van der Waals surface area contributed by atoms with E-state index in [1.807, 2.05) is 27.9 Å². The predicted octanol–water partition coefficient (Wildman–Crippen LogP) is 6.09. The third-order valence-corrected chi connectivity index (χ3v) is 7.97. The zero-order valence-corrected chi connectivity index (χ0v) is 20.9. The Morgan fingerprint density at radius 2 is 1.97 bits per heavy atom. The van der Waals surface area contributed by atoms with Crippen LogP contribution in [0.15, 0.2) is 48.7 Å². The highest BCUT2D eigenvalue weighted by Crippen LogP contribution is 2.33. The Morgan fingerprint density at radius 1 is 1.15 bits per heavy atom. The average Bonchev–Trinajstić information content (AvgIpc) is 3.27. The number of nitrogens with zero attached hydrogens (tertiary/aromatic N) is 3. The molecular formula is C27H30Cl2N4O. The third kappa shape index (κ3) is 4.49. The summed E-state index contributed by atoms with van der Waals surface area (Å²) in [5.74, 6) is 0.209. The second kappa shape index (κ2) is 9.73. The fourth-order valence-electron chi connectivity index (χ4n) is 5.35. The maximum Gasteiger partial charge on any atom is 0.227 e. The molecule has 2 aliphatic rings. The zero-order chi connectivity index (χ0) is 23.8.